The standard InChI is InChI=1S/C27H28N4O2S/c1-27(14-20-15-28-23-9-5-4-8-22(20)23,26(32)30-25(34)19-11-12-31(2)17-19)29-16-21-13-18-7-3-6-10-24(18)33-21/h3-13,15,17,25,28-29,34H,14,16H2,1-2H3,(H,30,32)/t25?,27-/m1/s1. The first kappa shape index (κ1) is 22.4. The maximum Gasteiger partial charge on any atom is 0.241 e. The number of fused-ring (bicyclic) bond motifs is 2. The van der Waals surface area contributed by atoms with E-state index >= 15 is 0 Å². The number of furan rings is 1. The smallest absolute Gasteiger partial charge is 0.241 e. The average Bonchev–Trinajstić information content (AvgIpc) is 3.56. The number of nitrogens with one attached hydrogen (secondary N) is 3. The van der Waals surface area contributed by atoms with Crippen LogP contribution in [-0.2, 0) is 24.8 Å². The summed E-state index contributed by atoms with van der Waals surface area (Å²) in [4.78, 5) is 17.0. The minimum absolute atomic E-state index is 0.127. The summed E-state index contributed by atoms with van der Waals surface area (Å²) in [7, 11) is 1.95. The van der Waals surface area contributed by atoms with E-state index in [0.717, 1.165) is 38.8 Å². The van der Waals surface area contributed by atoms with Gasteiger partial charge in [-0.2, -0.15) is 0 Å². The number of benzene rings is 2. The Balaban J connectivity index is 1.41. The highest BCUT2D eigenvalue weighted by Gasteiger charge is 2.35. The number of carbonyl (C=O) groups excluding carboxylic acids is 1. The van der Waals surface area contributed by atoms with Crippen molar-refractivity contribution in [2.24, 2.45) is 7.05 Å². The molecule has 0 saturated carbocycles. The van der Waals surface area contributed by atoms with E-state index in [-0.39, 0.29) is 5.91 Å². The number of thiol groups is 1. The van der Waals surface area contributed by atoms with Gasteiger partial charge in [0.15, 0.2) is 0 Å². The number of hydrogen-bond donors (Lipinski definition) is 4. The van der Waals surface area contributed by atoms with Crippen LogP contribution in [0.25, 0.3) is 21.9 Å². The maximum absolute atomic E-state index is 13.6. The predicted octanol–water partition coefficient (Wildman–Crippen LogP) is 5.09. The van der Waals surface area contributed by atoms with Gasteiger partial charge in [0.1, 0.15) is 11.3 Å². The highest BCUT2D eigenvalue weighted by Crippen LogP contribution is 2.26. The Hall–Kier alpha value is -3.42. The van der Waals surface area contributed by atoms with Gasteiger partial charge in [0.05, 0.1) is 17.5 Å². The predicted molar refractivity (Wildman–Crippen MR) is 139 cm³/mol. The third kappa shape index (κ3) is 4.49. The lowest BCUT2D eigenvalue weighted by Crippen LogP contribution is -2.56. The number of aromatic amines is 1. The zero-order valence-electron chi connectivity index (χ0n) is 19.2. The summed E-state index contributed by atoms with van der Waals surface area (Å²) < 4.78 is 7.92. The zero-order chi connectivity index (χ0) is 23.7. The van der Waals surface area contributed by atoms with Crippen LogP contribution < -0.4 is 10.6 Å². The Morgan fingerprint density at radius 2 is 1.97 bits per heavy atom. The van der Waals surface area contributed by atoms with Crippen molar-refractivity contribution >= 4 is 40.4 Å². The highest BCUT2D eigenvalue weighted by atomic mass is 32.1. The van der Waals surface area contributed by atoms with E-state index in [4.69, 9.17) is 4.42 Å². The second-order valence-corrected chi connectivity index (χ2v) is 9.48. The Bertz CT molecular complexity index is 1420. The van der Waals surface area contributed by atoms with Crippen LogP contribution in [0.1, 0.15) is 29.2 Å². The number of H-pyrrole nitrogens is 1. The van der Waals surface area contributed by atoms with E-state index in [1.807, 2.05) is 91.7 Å². The number of amides is 1. The van der Waals surface area contributed by atoms with E-state index in [9.17, 15) is 4.79 Å². The van der Waals surface area contributed by atoms with Crippen molar-refractivity contribution in [3.8, 4) is 0 Å². The molecule has 0 fully saturated rings. The summed E-state index contributed by atoms with van der Waals surface area (Å²) in [5.41, 5.74) is 2.99. The monoisotopic (exact) mass is 472 g/mol. The average molecular weight is 473 g/mol. The van der Waals surface area contributed by atoms with Gasteiger partial charge in [-0.25, -0.2) is 0 Å². The molecule has 2 aromatic carbocycles. The highest BCUT2D eigenvalue weighted by molar-refractivity contribution is 7.80. The Morgan fingerprint density at radius 3 is 2.76 bits per heavy atom. The molecule has 0 aliphatic carbocycles. The molecule has 0 bridgehead atoms. The first-order valence-corrected chi connectivity index (χ1v) is 11.8. The van der Waals surface area contributed by atoms with Gasteiger partial charge in [0.2, 0.25) is 5.91 Å². The number of rotatable bonds is 8. The van der Waals surface area contributed by atoms with E-state index in [2.05, 4.69) is 34.3 Å². The SMILES string of the molecule is Cn1ccc(C(S)NC(=O)[C@@](C)(Cc2c[nH]c3ccccc23)NCc2cc3ccccc3o2)c1. The fourth-order valence-electron chi connectivity index (χ4n) is 4.34. The third-order valence-electron chi connectivity index (χ3n) is 6.29. The number of carbonyl (C=O) groups is 1. The second-order valence-electron chi connectivity index (χ2n) is 8.96. The van der Waals surface area contributed by atoms with Gasteiger partial charge in [-0.1, -0.05) is 36.4 Å². The summed E-state index contributed by atoms with van der Waals surface area (Å²) >= 11 is 4.65. The molecular formula is C27H28N4O2S. The molecule has 3 N–H and O–H groups in total. The summed E-state index contributed by atoms with van der Waals surface area (Å²) in [5.74, 6) is 0.655. The molecule has 5 aromatic rings. The fraction of sp³-hybridized carbons (Fsp3) is 0.222. The molecule has 174 valence electrons. The number of nitrogens with zero attached hydrogens (tertiary/aromatic N) is 1. The van der Waals surface area contributed by atoms with Gasteiger partial charge in [-0.05, 0) is 36.8 Å². The lowest BCUT2D eigenvalue weighted by molar-refractivity contribution is -0.127. The Morgan fingerprint density at radius 1 is 1.18 bits per heavy atom. The van der Waals surface area contributed by atoms with E-state index in [0.29, 0.717) is 13.0 Å². The van der Waals surface area contributed by atoms with Crippen molar-refractivity contribution in [2.45, 2.75) is 30.8 Å². The molecular weight excluding hydrogens is 444 g/mol. The minimum atomic E-state index is -0.903. The summed E-state index contributed by atoms with van der Waals surface area (Å²) in [6.45, 7) is 2.35. The molecule has 3 heterocycles. The lowest BCUT2D eigenvalue weighted by Gasteiger charge is -2.31. The molecule has 0 aliphatic heterocycles. The maximum atomic E-state index is 13.6. The minimum Gasteiger partial charge on any atom is -0.460 e. The van der Waals surface area contributed by atoms with Crippen molar-refractivity contribution in [1.29, 1.82) is 0 Å². The molecule has 0 aliphatic rings. The molecule has 3 aromatic heterocycles. The van der Waals surface area contributed by atoms with Crippen LogP contribution in [0.4, 0.5) is 0 Å². The molecule has 7 heteroatoms. The normalized spacial score (nSPS) is 14.3. The van der Waals surface area contributed by atoms with Crippen molar-refractivity contribution in [3.63, 3.8) is 0 Å². The van der Waals surface area contributed by atoms with Crippen LogP contribution in [0.5, 0.6) is 0 Å². The molecule has 5 rings (SSSR count). The Labute approximate surface area is 203 Å². The number of hydrogen-bond acceptors (Lipinski definition) is 4. The molecule has 6 nitrogen and oxygen atoms in total. The van der Waals surface area contributed by atoms with Gasteiger partial charge < -0.3 is 19.3 Å². The number of aryl methyl sites for hydroxylation is 1. The molecule has 1 unspecified atom stereocenters. The van der Waals surface area contributed by atoms with Crippen LogP contribution in [0, 0.1) is 0 Å². The molecule has 0 spiro atoms. The summed E-state index contributed by atoms with van der Waals surface area (Å²) in [6, 6.07) is 20.0. The van der Waals surface area contributed by atoms with Gasteiger partial charge in [-0.15, -0.1) is 12.6 Å². The van der Waals surface area contributed by atoms with E-state index in [1.54, 1.807) is 0 Å². The molecule has 0 saturated heterocycles. The van der Waals surface area contributed by atoms with Crippen LogP contribution in [-0.4, -0.2) is 21.0 Å². The van der Waals surface area contributed by atoms with Gasteiger partial charge >= 0.3 is 0 Å². The van der Waals surface area contributed by atoms with Crippen molar-refractivity contribution in [1.82, 2.24) is 20.2 Å². The van der Waals surface area contributed by atoms with Crippen LogP contribution in [0.15, 0.2) is 83.7 Å². The van der Waals surface area contributed by atoms with Crippen LogP contribution >= 0.6 is 12.6 Å². The molecule has 1 amide bonds. The van der Waals surface area contributed by atoms with Crippen LogP contribution in [0.2, 0.25) is 0 Å². The fourth-order valence-corrected chi connectivity index (χ4v) is 4.61. The van der Waals surface area contributed by atoms with Crippen molar-refractivity contribution < 1.29 is 9.21 Å². The number of para-hydroxylation sites is 2. The largest absolute Gasteiger partial charge is 0.460 e. The van der Waals surface area contributed by atoms with E-state index in [1.165, 1.54) is 0 Å². The van der Waals surface area contributed by atoms with E-state index < -0.39 is 10.9 Å². The second kappa shape index (κ2) is 9.08. The van der Waals surface area contributed by atoms with Gasteiger partial charge in [0.25, 0.3) is 0 Å². The first-order chi connectivity index (χ1) is 16.4. The lowest BCUT2D eigenvalue weighted by atomic mass is 9.91. The Kier molecular flexibility index (Phi) is 5.98. The number of aromatic nitrogens is 2. The third-order valence-corrected chi connectivity index (χ3v) is 6.72. The molecule has 0 radical (unpaired) electrons. The first-order valence-electron chi connectivity index (χ1n) is 11.3. The van der Waals surface area contributed by atoms with Crippen LogP contribution in [0.3, 0.4) is 0 Å². The zero-order valence-corrected chi connectivity index (χ0v) is 20.1. The van der Waals surface area contributed by atoms with Crippen molar-refractivity contribution in [3.05, 3.63) is 96.1 Å². The van der Waals surface area contributed by atoms with Gasteiger partial charge in [0, 0.05) is 53.9 Å². The van der Waals surface area contributed by atoms with Crippen molar-refractivity contribution in [2.75, 3.05) is 0 Å². The molecule has 34 heavy (non-hydrogen) atoms. The molecule has 2 atom stereocenters. The summed E-state index contributed by atoms with van der Waals surface area (Å²) in [5, 5.41) is 8.30. The topological polar surface area (TPSA) is 75.0 Å². The quantitative estimate of drug-likeness (QED) is 0.188. The summed E-state index contributed by atoms with van der Waals surface area (Å²) in [6.07, 6.45) is 6.37. The van der Waals surface area contributed by atoms with Gasteiger partial charge in [-0.3, -0.25) is 10.1 Å².